The number of halogens is 1. The van der Waals surface area contributed by atoms with Crippen molar-refractivity contribution in [3.8, 4) is 11.5 Å². The maximum Gasteiger partial charge on any atom is 0.220 e. The van der Waals surface area contributed by atoms with Gasteiger partial charge in [-0.05, 0) is 54.7 Å². The van der Waals surface area contributed by atoms with Crippen LogP contribution in [0.5, 0.6) is 11.5 Å². The summed E-state index contributed by atoms with van der Waals surface area (Å²) < 4.78 is 23.3. The summed E-state index contributed by atoms with van der Waals surface area (Å²) in [4.78, 5) is 11.9. The van der Waals surface area contributed by atoms with E-state index in [9.17, 15) is 9.18 Å². The third kappa shape index (κ3) is 6.10. The van der Waals surface area contributed by atoms with Gasteiger partial charge in [0.15, 0.2) is 11.5 Å². The molecule has 1 amide bonds. The van der Waals surface area contributed by atoms with E-state index in [2.05, 4.69) is 5.32 Å². The number of carbonyl (C=O) groups excluding carboxylic acids is 1. The minimum atomic E-state index is -0.239. The van der Waals surface area contributed by atoms with Crippen molar-refractivity contribution >= 4 is 5.91 Å². The van der Waals surface area contributed by atoms with Gasteiger partial charge in [-0.15, -0.1) is 0 Å². The van der Waals surface area contributed by atoms with E-state index < -0.39 is 0 Å². The molecule has 0 aliphatic heterocycles. The number of ether oxygens (including phenoxy) is 2. The van der Waals surface area contributed by atoms with Crippen LogP contribution in [0.25, 0.3) is 0 Å². The van der Waals surface area contributed by atoms with Crippen LogP contribution >= 0.6 is 0 Å². The summed E-state index contributed by atoms with van der Waals surface area (Å²) in [5, 5.41) is 2.92. The standard InChI is InChI=1S/C20H24FNO3/c1-24-18-11-8-16(14-19(18)25-2)12-13-22-20(23)5-3-4-15-6-9-17(21)10-7-15/h6-11,14H,3-5,12-13H2,1-2H3,(H,22,23). The summed E-state index contributed by atoms with van der Waals surface area (Å²) >= 11 is 0. The first-order valence-electron chi connectivity index (χ1n) is 8.34. The highest BCUT2D eigenvalue weighted by Gasteiger charge is 2.06. The molecule has 0 unspecified atom stereocenters. The van der Waals surface area contributed by atoms with Crippen molar-refractivity contribution in [2.75, 3.05) is 20.8 Å². The molecule has 0 spiro atoms. The molecule has 0 atom stereocenters. The Labute approximate surface area is 148 Å². The molecule has 0 fully saturated rings. The fraction of sp³-hybridized carbons (Fsp3) is 0.350. The molecule has 0 aliphatic rings. The SMILES string of the molecule is COc1ccc(CCNC(=O)CCCc2ccc(F)cc2)cc1OC. The molecule has 5 heteroatoms. The van der Waals surface area contributed by atoms with Crippen LogP contribution in [0.4, 0.5) is 4.39 Å². The molecule has 0 saturated heterocycles. The number of amides is 1. The first kappa shape index (κ1) is 18.8. The van der Waals surface area contributed by atoms with Gasteiger partial charge in [0.05, 0.1) is 14.2 Å². The Hall–Kier alpha value is -2.56. The molecule has 25 heavy (non-hydrogen) atoms. The molecule has 0 bridgehead atoms. The third-order valence-corrected chi connectivity index (χ3v) is 3.97. The van der Waals surface area contributed by atoms with Gasteiger partial charge >= 0.3 is 0 Å². The molecular formula is C20H24FNO3. The molecule has 4 nitrogen and oxygen atoms in total. The average Bonchev–Trinajstić information content (AvgIpc) is 2.63. The summed E-state index contributed by atoms with van der Waals surface area (Å²) in [5.74, 6) is 1.17. The molecule has 2 aromatic carbocycles. The number of methoxy groups -OCH3 is 2. The third-order valence-electron chi connectivity index (χ3n) is 3.97. The zero-order valence-corrected chi connectivity index (χ0v) is 14.7. The average molecular weight is 345 g/mol. The van der Waals surface area contributed by atoms with E-state index in [0.717, 1.165) is 30.4 Å². The van der Waals surface area contributed by atoms with Gasteiger partial charge in [-0.3, -0.25) is 4.79 Å². The second-order valence-electron chi connectivity index (χ2n) is 5.77. The van der Waals surface area contributed by atoms with E-state index in [0.29, 0.717) is 24.5 Å². The van der Waals surface area contributed by atoms with Crippen molar-refractivity contribution in [1.29, 1.82) is 0 Å². The minimum absolute atomic E-state index is 0.0302. The summed E-state index contributed by atoms with van der Waals surface area (Å²) in [7, 11) is 3.20. The number of benzene rings is 2. The quantitative estimate of drug-likeness (QED) is 0.756. The highest BCUT2D eigenvalue weighted by atomic mass is 19.1. The van der Waals surface area contributed by atoms with Gasteiger partial charge in [0.1, 0.15) is 5.82 Å². The molecule has 0 aromatic heterocycles. The van der Waals surface area contributed by atoms with Gasteiger partial charge < -0.3 is 14.8 Å². The Bertz CT molecular complexity index is 686. The molecule has 0 heterocycles. The van der Waals surface area contributed by atoms with Crippen molar-refractivity contribution < 1.29 is 18.7 Å². The summed E-state index contributed by atoms with van der Waals surface area (Å²) in [6.45, 7) is 0.574. The topological polar surface area (TPSA) is 47.6 Å². The van der Waals surface area contributed by atoms with E-state index in [4.69, 9.17) is 9.47 Å². The number of rotatable bonds is 9. The Kier molecular flexibility index (Phi) is 7.26. The predicted molar refractivity (Wildman–Crippen MR) is 95.6 cm³/mol. The second-order valence-corrected chi connectivity index (χ2v) is 5.77. The zero-order chi connectivity index (χ0) is 18.1. The van der Waals surface area contributed by atoms with E-state index >= 15 is 0 Å². The normalized spacial score (nSPS) is 10.4. The van der Waals surface area contributed by atoms with Gasteiger partial charge in [-0.25, -0.2) is 4.39 Å². The van der Waals surface area contributed by atoms with E-state index in [1.54, 1.807) is 26.4 Å². The number of nitrogens with one attached hydrogen (secondary N) is 1. The largest absolute Gasteiger partial charge is 0.493 e. The lowest BCUT2D eigenvalue weighted by Crippen LogP contribution is -2.25. The molecule has 2 aromatic rings. The van der Waals surface area contributed by atoms with Crippen LogP contribution in [-0.2, 0) is 17.6 Å². The van der Waals surface area contributed by atoms with Gasteiger partial charge in [0, 0.05) is 13.0 Å². The first-order valence-corrected chi connectivity index (χ1v) is 8.34. The fourth-order valence-electron chi connectivity index (χ4n) is 2.57. The number of hydrogen-bond donors (Lipinski definition) is 1. The van der Waals surface area contributed by atoms with Crippen LogP contribution in [0, 0.1) is 5.82 Å². The lowest BCUT2D eigenvalue weighted by Gasteiger charge is -2.10. The summed E-state index contributed by atoms with van der Waals surface area (Å²) in [5.41, 5.74) is 2.11. The molecule has 1 N–H and O–H groups in total. The summed E-state index contributed by atoms with van der Waals surface area (Å²) in [6.07, 6.45) is 2.70. The highest BCUT2D eigenvalue weighted by molar-refractivity contribution is 5.75. The van der Waals surface area contributed by atoms with Gasteiger partial charge in [0.2, 0.25) is 5.91 Å². The maximum atomic E-state index is 12.8. The Balaban J connectivity index is 1.69. The van der Waals surface area contributed by atoms with Crippen LogP contribution in [0.1, 0.15) is 24.0 Å². The molecular weight excluding hydrogens is 321 g/mol. The number of hydrogen-bond acceptors (Lipinski definition) is 3. The van der Waals surface area contributed by atoms with Gasteiger partial charge in [-0.1, -0.05) is 18.2 Å². The fourth-order valence-corrected chi connectivity index (χ4v) is 2.57. The molecule has 2 rings (SSSR count). The highest BCUT2D eigenvalue weighted by Crippen LogP contribution is 2.27. The van der Waals surface area contributed by atoms with Crippen LogP contribution in [0.3, 0.4) is 0 Å². The van der Waals surface area contributed by atoms with E-state index in [1.807, 2.05) is 18.2 Å². The Morgan fingerprint density at radius 2 is 1.64 bits per heavy atom. The monoisotopic (exact) mass is 345 g/mol. The maximum absolute atomic E-state index is 12.8. The lowest BCUT2D eigenvalue weighted by atomic mass is 10.1. The van der Waals surface area contributed by atoms with Crippen LogP contribution in [0.15, 0.2) is 42.5 Å². The van der Waals surface area contributed by atoms with Gasteiger partial charge in [0.25, 0.3) is 0 Å². The van der Waals surface area contributed by atoms with Gasteiger partial charge in [-0.2, -0.15) is 0 Å². The second kappa shape index (κ2) is 9.67. The molecule has 0 saturated carbocycles. The van der Waals surface area contributed by atoms with Crippen LogP contribution in [0.2, 0.25) is 0 Å². The molecule has 0 aliphatic carbocycles. The predicted octanol–water partition coefficient (Wildman–Crippen LogP) is 3.52. The lowest BCUT2D eigenvalue weighted by molar-refractivity contribution is -0.121. The minimum Gasteiger partial charge on any atom is -0.493 e. The van der Waals surface area contributed by atoms with Crippen molar-refractivity contribution in [2.45, 2.75) is 25.7 Å². The van der Waals surface area contributed by atoms with Crippen molar-refractivity contribution in [3.05, 3.63) is 59.4 Å². The number of carbonyl (C=O) groups is 1. The van der Waals surface area contributed by atoms with Crippen LogP contribution in [-0.4, -0.2) is 26.7 Å². The first-order chi connectivity index (χ1) is 12.1. The van der Waals surface area contributed by atoms with E-state index in [-0.39, 0.29) is 11.7 Å². The Morgan fingerprint density at radius 1 is 0.960 bits per heavy atom. The van der Waals surface area contributed by atoms with Crippen molar-refractivity contribution in [2.24, 2.45) is 0 Å². The van der Waals surface area contributed by atoms with Crippen molar-refractivity contribution in [1.82, 2.24) is 5.32 Å². The summed E-state index contributed by atoms with van der Waals surface area (Å²) in [6, 6.07) is 12.1. The van der Waals surface area contributed by atoms with Crippen LogP contribution < -0.4 is 14.8 Å². The Morgan fingerprint density at radius 3 is 2.32 bits per heavy atom. The molecule has 134 valence electrons. The van der Waals surface area contributed by atoms with Crippen molar-refractivity contribution in [3.63, 3.8) is 0 Å². The van der Waals surface area contributed by atoms with E-state index in [1.165, 1.54) is 12.1 Å². The zero-order valence-electron chi connectivity index (χ0n) is 14.7. The number of aryl methyl sites for hydroxylation is 1. The smallest absolute Gasteiger partial charge is 0.220 e. The molecule has 0 radical (unpaired) electrons.